The van der Waals surface area contributed by atoms with Crippen LogP contribution >= 0.6 is 0 Å². The summed E-state index contributed by atoms with van der Waals surface area (Å²) in [4.78, 5) is 26.9. The summed E-state index contributed by atoms with van der Waals surface area (Å²) in [6.07, 6.45) is 10.5. The minimum Gasteiger partial charge on any atom is -0.305 e. The van der Waals surface area contributed by atoms with E-state index >= 15 is 0 Å². The summed E-state index contributed by atoms with van der Waals surface area (Å²) in [5, 5.41) is 0. The molecular formula is C42H34N8. The molecule has 242 valence electrons. The van der Waals surface area contributed by atoms with Crippen LogP contribution in [0.3, 0.4) is 0 Å². The summed E-state index contributed by atoms with van der Waals surface area (Å²) in [7, 11) is 0. The zero-order valence-corrected chi connectivity index (χ0v) is 28.3. The van der Waals surface area contributed by atoms with Gasteiger partial charge in [0.25, 0.3) is 0 Å². The maximum Gasteiger partial charge on any atom is 0.118 e. The molecular weight excluding hydrogens is 617 g/mol. The summed E-state index contributed by atoms with van der Waals surface area (Å²) in [5.41, 5.74) is 14.1. The molecule has 0 aliphatic carbocycles. The summed E-state index contributed by atoms with van der Waals surface area (Å²) in [6, 6.07) is 34.8. The van der Waals surface area contributed by atoms with Crippen molar-refractivity contribution in [2.45, 2.75) is 38.5 Å². The third-order valence-corrected chi connectivity index (χ3v) is 10.4. The summed E-state index contributed by atoms with van der Waals surface area (Å²) >= 11 is 0. The van der Waals surface area contributed by atoms with Crippen molar-refractivity contribution < 1.29 is 0 Å². The molecule has 0 unspecified atom stereocenters. The average Bonchev–Trinajstić information content (AvgIpc) is 3.68. The monoisotopic (exact) mass is 650 g/mol. The number of hydrogen-bond acceptors (Lipinski definition) is 6. The smallest absolute Gasteiger partial charge is 0.118 e. The van der Waals surface area contributed by atoms with Crippen molar-refractivity contribution in [1.29, 1.82) is 0 Å². The molecule has 3 aromatic carbocycles. The van der Waals surface area contributed by atoms with E-state index in [4.69, 9.17) is 0 Å². The molecule has 0 aliphatic rings. The second-order valence-corrected chi connectivity index (χ2v) is 13.8. The molecule has 0 fully saturated rings. The minimum atomic E-state index is -0.199. The van der Waals surface area contributed by atoms with Crippen molar-refractivity contribution in [3.8, 4) is 11.4 Å². The van der Waals surface area contributed by atoms with Gasteiger partial charge in [-0.15, -0.1) is 0 Å². The number of hydrogen-bond donors (Lipinski definition) is 0. The van der Waals surface area contributed by atoms with Gasteiger partial charge in [0.05, 0.1) is 34.5 Å². The lowest BCUT2D eigenvalue weighted by molar-refractivity contribution is 0.626. The highest BCUT2D eigenvalue weighted by atomic mass is 15.0. The molecule has 0 atom stereocenters. The molecule has 0 radical (unpaired) electrons. The van der Waals surface area contributed by atoms with Crippen molar-refractivity contribution in [3.05, 3.63) is 157 Å². The van der Waals surface area contributed by atoms with Crippen molar-refractivity contribution in [3.63, 3.8) is 0 Å². The Morgan fingerprint density at radius 3 is 1.12 bits per heavy atom. The number of rotatable bonds is 6. The van der Waals surface area contributed by atoms with Crippen LogP contribution in [0, 0.1) is 0 Å². The average molecular weight is 651 g/mol. The van der Waals surface area contributed by atoms with Crippen molar-refractivity contribution >= 4 is 44.1 Å². The normalized spacial score (nSPS) is 12.4. The molecule has 8 nitrogen and oxygen atoms in total. The van der Waals surface area contributed by atoms with Gasteiger partial charge < -0.3 is 9.13 Å². The van der Waals surface area contributed by atoms with Gasteiger partial charge in [0.15, 0.2) is 0 Å². The first-order chi connectivity index (χ1) is 24.3. The van der Waals surface area contributed by atoms with Crippen LogP contribution in [0.5, 0.6) is 0 Å². The van der Waals surface area contributed by atoms with Crippen LogP contribution in [0.15, 0.2) is 135 Å². The Balaban J connectivity index is 0.997. The first-order valence-corrected chi connectivity index (χ1v) is 16.8. The fourth-order valence-electron chi connectivity index (χ4n) is 7.36. The van der Waals surface area contributed by atoms with Crippen LogP contribution in [0.2, 0.25) is 0 Å². The first-order valence-electron chi connectivity index (χ1n) is 16.8. The van der Waals surface area contributed by atoms with Crippen molar-refractivity contribution in [2.24, 2.45) is 0 Å². The van der Waals surface area contributed by atoms with Crippen LogP contribution in [0.4, 0.5) is 0 Å². The van der Waals surface area contributed by atoms with Crippen LogP contribution in [0.1, 0.15) is 49.9 Å². The van der Waals surface area contributed by atoms with E-state index in [-0.39, 0.29) is 10.8 Å². The number of aromatic nitrogens is 8. The minimum absolute atomic E-state index is 0.199. The van der Waals surface area contributed by atoms with Gasteiger partial charge >= 0.3 is 0 Å². The second-order valence-electron chi connectivity index (χ2n) is 13.8. The summed E-state index contributed by atoms with van der Waals surface area (Å²) in [6.45, 7) is 9.14. The number of benzene rings is 3. The Kier molecular flexibility index (Phi) is 6.64. The maximum absolute atomic E-state index is 4.61. The van der Waals surface area contributed by atoms with E-state index in [1.807, 2.05) is 36.9 Å². The molecule has 0 bridgehead atoms. The molecule has 9 aromatic rings. The standard InChI is InChI=1S/C42H34N8/c1-41(2,29-13-17-31(18-14-29)49-33-7-5-21-45-37(33)39-35(49)23-43-25-47-39)27-9-11-28(12-10-27)42(3,4)30-15-19-32(20-16-30)50-34-8-6-22-46-38(34)40-36(50)24-44-26-48-40/h5-26H,1-4H3. The quantitative estimate of drug-likeness (QED) is 0.179. The summed E-state index contributed by atoms with van der Waals surface area (Å²) in [5.74, 6) is 0. The molecule has 0 spiro atoms. The molecule has 0 saturated carbocycles. The maximum atomic E-state index is 4.61. The topological polar surface area (TPSA) is 87.2 Å². The van der Waals surface area contributed by atoms with Gasteiger partial charge in [-0.2, -0.15) is 0 Å². The largest absolute Gasteiger partial charge is 0.305 e. The number of nitrogens with zero attached hydrogens (tertiary/aromatic N) is 8. The van der Waals surface area contributed by atoms with Crippen molar-refractivity contribution in [1.82, 2.24) is 39.0 Å². The third kappa shape index (κ3) is 4.52. The van der Waals surface area contributed by atoms with Gasteiger partial charge in [0, 0.05) is 34.6 Å². The van der Waals surface area contributed by atoms with E-state index in [2.05, 4.69) is 152 Å². The zero-order valence-electron chi connectivity index (χ0n) is 28.3. The predicted molar refractivity (Wildman–Crippen MR) is 199 cm³/mol. The molecule has 6 heterocycles. The molecule has 0 saturated heterocycles. The lowest BCUT2D eigenvalue weighted by Crippen LogP contribution is -2.21. The van der Waals surface area contributed by atoms with E-state index in [0.29, 0.717) is 0 Å². The van der Waals surface area contributed by atoms with Gasteiger partial charge in [-0.05, 0) is 70.8 Å². The first kappa shape index (κ1) is 29.8. The molecule has 8 heteroatoms. The SMILES string of the molecule is CC(C)(c1ccc(-n2c3cccnc3c3ncncc32)cc1)c1ccc(C(C)(C)c2ccc(-n3c4cccnc4c4ncncc43)cc2)cc1. The Bertz CT molecular complexity index is 2390. The van der Waals surface area contributed by atoms with E-state index in [1.54, 1.807) is 12.7 Å². The molecule has 50 heavy (non-hydrogen) atoms. The fraction of sp³-hybridized carbons (Fsp3) is 0.143. The lowest BCUT2D eigenvalue weighted by Gasteiger charge is -2.30. The fourth-order valence-corrected chi connectivity index (χ4v) is 7.36. The van der Waals surface area contributed by atoms with Crippen LogP contribution in [-0.4, -0.2) is 39.0 Å². The predicted octanol–water partition coefficient (Wildman–Crippen LogP) is 8.90. The van der Waals surface area contributed by atoms with Gasteiger partial charge in [-0.3, -0.25) is 9.97 Å². The number of pyridine rings is 2. The third-order valence-electron chi connectivity index (χ3n) is 10.4. The Hall–Kier alpha value is -6.28. The van der Waals surface area contributed by atoms with Gasteiger partial charge in [0.1, 0.15) is 34.7 Å². The molecule has 0 N–H and O–H groups in total. The molecule has 6 aromatic heterocycles. The van der Waals surface area contributed by atoms with Gasteiger partial charge in [-0.25, -0.2) is 19.9 Å². The Morgan fingerprint density at radius 2 is 0.740 bits per heavy atom. The van der Waals surface area contributed by atoms with Gasteiger partial charge in [0.2, 0.25) is 0 Å². The van der Waals surface area contributed by atoms with Gasteiger partial charge in [-0.1, -0.05) is 76.2 Å². The highest BCUT2D eigenvalue weighted by Gasteiger charge is 2.27. The summed E-state index contributed by atoms with van der Waals surface area (Å²) < 4.78 is 4.37. The number of fused-ring (bicyclic) bond motifs is 6. The van der Waals surface area contributed by atoms with E-state index < -0.39 is 0 Å². The Labute approximate surface area is 289 Å². The zero-order chi connectivity index (χ0) is 34.0. The Morgan fingerprint density at radius 1 is 0.400 bits per heavy atom. The van der Waals surface area contributed by atoms with E-state index in [0.717, 1.165) is 55.5 Å². The van der Waals surface area contributed by atoms with E-state index in [9.17, 15) is 0 Å². The molecule has 9 rings (SSSR count). The lowest BCUT2D eigenvalue weighted by atomic mass is 9.74. The van der Waals surface area contributed by atoms with Crippen LogP contribution < -0.4 is 0 Å². The van der Waals surface area contributed by atoms with Crippen LogP contribution in [0.25, 0.3) is 55.5 Å². The van der Waals surface area contributed by atoms with E-state index in [1.165, 1.54) is 22.3 Å². The highest BCUT2D eigenvalue weighted by Crippen LogP contribution is 2.38. The highest BCUT2D eigenvalue weighted by molar-refractivity contribution is 6.05. The molecule has 0 aliphatic heterocycles. The van der Waals surface area contributed by atoms with Crippen LogP contribution in [-0.2, 0) is 10.8 Å². The molecule has 0 amide bonds. The van der Waals surface area contributed by atoms with Crippen molar-refractivity contribution in [2.75, 3.05) is 0 Å². The second kappa shape index (κ2) is 11.1.